The van der Waals surface area contributed by atoms with Crippen molar-refractivity contribution in [1.82, 2.24) is 28.7 Å². The van der Waals surface area contributed by atoms with E-state index in [4.69, 9.17) is 0 Å². The van der Waals surface area contributed by atoms with E-state index in [2.05, 4.69) is 19.9 Å². The summed E-state index contributed by atoms with van der Waals surface area (Å²) in [6, 6.07) is 1.78. The Hall–Kier alpha value is -2.62. The van der Waals surface area contributed by atoms with Crippen molar-refractivity contribution in [3.05, 3.63) is 39.3 Å². The average Bonchev–Trinajstić information content (AvgIpc) is 3.33. The van der Waals surface area contributed by atoms with Crippen molar-refractivity contribution in [3.8, 4) is 0 Å². The number of fused-ring (bicyclic) bond motifs is 1. The monoisotopic (exact) mass is 387 g/mol. The Morgan fingerprint density at radius 3 is 2.48 bits per heavy atom. The third kappa shape index (κ3) is 3.14. The summed E-state index contributed by atoms with van der Waals surface area (Å²) >= 11 is 1.53. The summed E-state index contributed by atoms with van der Waals surface area (Å²) in [7, 11) is 3.16. The standard InChI is InChI=1S/C17H21N7O2S/c1-21-13-12(14(25)22(2)17(21)26)24(16(20-13)23-8-3-4-9-23)10-11-27-15-18-6-5-7-19-15/h5-7H,3-4,8-11H2,1-2H3. The summed E-state index contributed by atoms with van der Waals surface area (Å²) < 4.78 is 4.53. The zero-order chi connectivity index (χ0) is 19.0. The number of nitrogens with zero attached hydrogens (tertiary/aromatic N) is 7. The van der Waals surface area contributed by atoms with Gasteiger partial charge >= 0.3 is 5.69 Å². The van der Waals surface area contributed by atoms with Crippen LogP contribution in [0.2, 0.25) is 0 Å². The Labute approximate surface area is 159 Å². The van der Waals surface area contributed by atoms with Crippen LogP contribution in [0.5, 0.6) is 0 Å². The number of hydrogen-bond acceptors (Lipinski definition) is 7. The first-order chi connectivity index (χ1) is 13.1. The fraction of sp³-hybridized carbons (Fsp3) is 0.471. The van der Waals surface area contributed by atoms with Gasteiger partial charge in [-0.1, -0.05) is 11.8 Å². The van der Waals surface area contributed by atoms with Gasteiger partial charge in [0.25, 0.3) is 5.56 Å². The summed E-state index contributed by atoms with van der Waals surface area (Å²) in [4.78, 5) is 40.4. The van der Waals surface area contributed by atoms with E-state index in [9.17, 15) is 9.59 Å². The van der Waals surface area contributed by atoms with Crippen LogP contribution in [0.25, 0.3) is 11.2 Å². The lowest BCUT2D eigenvalue weighted by Gasteiger charge is -2.18. The summed E-state index contributed by atoms with van der Waals surface area (Å²) in [6.45, 7) is 2.40. The molecular weight excluding hydrogens is 366 g/mol. The summed E-state index contributed by atoms with van der Waals surface area (Å²) in [6.07, 6.45) is 5.63. The number of hydrogen-bond donors (Lipinski definition) is 0. The van der Waals surface area contributed by atoms with Crippen LogP contribution in [0.15, 0.2) is 33.2 Å². The molecule has 0 bridgehead atoms. The third-order valence-corrected chi connectivity index (χ3v) is 5.66. The average molecular weight is 387 g/mol. The molecule has 27 heavy (non-hydrogen) atoms. The molecule has 4 heterocycles. The Morgan fingerprint density at radius 2 is 1.78 bits per heavy atom. The van der Waals surface area contributed by atoms with Crippen LogP contribution in [-0.2, 0) is 20.6 Å². The maximum absolute atomic E-state index is 12.8. The molecule has 0 unspecified atom stereocenters. The van der Waals surface area contributed by atoms with Gasteiger partial charge < -0.3 is 9.47 Å². The van der Waals surface area contributed by atoms with Gasteiger partial charge in [-0.3, -0.25) is 13.9 Å². The molecule has 1 saturated heterocycles. The normalized spacial score (nSPS) is 14.4. The minimum atomic E-state index is -0.364. The maximum Gasteiger partial charge on any atom is 0.332 e. The molecule has 0 atom stereocenters. The van der Waals surface area contributed by atoms with Crippen LogP contribution in [0.4, 0.5) is 5.95 Å². The highest BCUT2D eigenvalue weighted by molar-refractivity contribution is 7.99. The van der Waals surface area contributed by atoms with Gasteiger partial charge in [-0.25, -0.2) is 14.8 Å². The number of rotatable bonds is 5. The quantitative estimate of drug-likeness (QED) is 0.468. The zero-order valence-electron chi connectivity index (χ0n) is 15.3. The molecule has 0 aliphatic carbocycles. The molecule has 0 aromatic carbocycles. The van der Waals surface area contributed by atoms with E-state index in [-0.39, 0.29) is 11.2 Å². The first-order valence-corrected chi connectivity index (χ1v) is 9.87. The fourth-order valence-electron chi connectivity index (χ4n) is 3.39. The van der Waals surface area contributed by atoms with Gasteiger partial charge in [-0.2, -0.15) is 4.98 Å². The molecule has 10 heteroatoms. The number of anilines is 1. The Bertz CT molecular complexity index is 1080. The van der Waals surface area contributed by atoms with Crippen molar-refractivity contribution < 1.29 is 0 Å². The Morgan fingerprint density at radius 1 is 1.07 bits per heavy atom. The fourth-order valence-corrected chi connectivity index (χ4v) is 4.12. The van der Waals surface area contributed by atoms with Crippen LogP contribution in [0.1, 0.15) is 12.8 Å². The lowest BCUT2D eigenvalue weighted by atomic mass is 10.4. The number of imidazole rings is 1. The maximum atomic E-state index is 12.8. The van der Waals surface area contributed by atoms with Gasteiger partial charge in [-0.05, 0) is 18.9 Å². The Balaban J connectivity index is 1.77. The topological polar surface area (TPSA) is 90.8 Å². The number of thioether (sulfide) groups is 1. The second kappa shape index (κ2) is 7.18. The highest BCUT2D eigenvalue weighted by Gasteiger charge is 2.24. The molecule has 1 aliphatic heterocycles. The highest BCUT2D eigenvalue weighted by Crippen LogP contribution is 2.24. The second-order valence-corrected chi connectivity index (χ2v) is 7.58. The number of aryl methyl sites for hydroxylation is 2. The van der Waals surface area contributed by atoms with E-state index < -0.39 is 0 Å². The van der Waals surface area contributed by atoms with E-state index in [1.165, 1.54) is 23.4 Å². The molecule has 9 nitrogen and oxygen atoms in total. The van der Waals surface area contributed by atoms with Crippen LogP contribution >= 0.6 is 11.8 Å². The van der Waals surface area contributed by atoms with Crippen LogP contribution in [-0.4, -0.2) is 47.5 Å². The predicted octanol–water partition coefficient (Wildman–Crippen LogP) is 0.616. The van der Waals surface area contributed by atoms with Crippen molar-refractivity contribution in [2.45, 2.75) is 24.5 Å². The molecule has 3 aromatic heterocycles. The molecular formula is C17H21N7O2S. The number of aromatic nitrogens is 6. The van der Waals surface area contributed by atoms with Crippen molar-refractivity contribution in [2.24, 2.45) is 14.1 Å². The second-order valence-electron chi connectivity index (χ2n) is 6.52. The van der Waals surface area contributed by atoms with E-state index >= 15 is 0 Å². The molecule has 142 valence electrons. The molecule has 1 aliphatic rings. The van der Waals surface area contributed by atoms with Gasteiger partial charge in [0.15, 0.2) is 16.3 Å². The molecule has 0 spiro atoms. The molecule has 0 saturated carbocycles. The smallest absolute Gasteiger partial charge is 0.332 e. The van der Waals surface area contributed by atoms with E-state index in [0.29, 0.717) is 28.6 Å². The highest BCUT2D eigenvalue weighted by atomic mass is 32.2. The lowest BCUT2D eigenvalue weighted by molar-refractivity contribution is 0.699. The first kappa shape index (κ1) is 17.8. The molecule has 0 radical (unpaired) electrons. The van der Waals surface area contributed by atoms with E-state index in [1.807, 2.05) is 4.57 Å². The summed E-state index contributed by atoms with van der Waals surface area (Å²) in [5.41, 5.74) is 0.228. The van der Waals surface area contributed by atoms with Crippen LogP contribution < -0.4 is 16.1 Å². The van der Waals surface area contributed by atoms with Crippen molar-refractivity contribution in [1.29, 1.82) is 0 Å². The minimum Gasteiger partial charge on any atom is -0.342 e. The van der Waals surface area contributed by atoms with Crippen LogP contribution in [0.3, 0.4) is 0 Å². The van der Waals surface area contributed by atoms with Gasteiger partial charge in [-0.15, -0.1) is 0 Å². The lowest BCUT2D eigenvalue weighted by Crippen LogP contribution is -2.37. The van der Waals surface area contributed by atoms with E-state index in [1.54, 1.807) is 25.5 Å². The van der Waals surface area contributed by atoms with Gasteiger partial charge in [0.05, 0.1) is 0 Å². The zero-order valence-corrected chi connectivity index (χ0v) is 16.1. The van der Waals surface area contributed by atoms with Crippen molar-refractivity contribution in [3.63, 3.8) is 0 Å². The van der Waals surface area contributed by atoms with Gasteiger partial charge in [0.2, 0.25) is 5.95 Å². The summed E-state index contributed by atoms with van der Waals surface area (Å²) in [5, 5.41) is 0.699. The van der Waals surface area contributed by atoms with E-state index in [0.717, 1.165) is 36.4 Å². The van der Waals surface area contributed by atoms with Crippen molar-refractivity contribution in [2.75, 3.05) is 23.7 Å². The molecule has 0 amide bonds. The molecule has 4 rings (SSSR count). The third-order valence-electron chi connectivity index (χ3n) is 4.80. The SMILES string of the molecule is Cn1c(=O)c2c(nc(N3CCCC3)n2CCSc2ncccn2)n(C)c1=O. The molecule has 3 aromatic rings. The van der Waals surface area contributed by atoms with Gasteiger partial charge in [0, 0.05) is 51.9 Å². The minimum absolute atomic E-state index is 0.313. The first-order valence-electron chi connectivity index (χ1n) is 8.89. The predicted molar refractivity (Wildman–Crippen MR) is 104 cm³/mol. The van der Waals surface area contributed by atoms with Gasteiger partial charge in [0.1, 0.15) is 0 Å². The molecule has 0 N–H and O–H groups in total. The Kier molecular flexibility index (Phi) is 4.73. The largest absolute Gasteiger partial charge is 0.342 e. The van der Waals surface area contributed by atoms with Crippen LogP contribution in [0, 0.1) is 0 Å². The molecule has 1 fully saturated rings. The summed E-state index contributed by atoms with van der Waals surface area (Å²) in [5.74, 6) is 1.46. The van der Waals surface area contributed by atoms with Crippen molar-refractivity contribution >= 4 is 28.9 Å².